The summed E-state index contributed by atoms with van der Waals surface area (Å²) in [5.41, 5.74) is 15.3. The molecule has 19 heteroatoms. The van der Waals surface area contributed by atoms with Crippen molar-refractivity contribution in [1.29, 1.82) is 0 Å². The van der Waals surface area contributed by atoms with Crippen LogP contribution in [0.2, 0.25) is 0 Å². The number of thiazole rings is 1. The smallest absolute Gasteiger partial charge is 0.243 e. The Labute approximate surface area is 484 Å². The molecule has 12 rings (SSSR count). The number of benzene rings is 2. The second kappa shape index (κ2) is 24.0. The van der Waals surface area contributed by atoms with Crippen molar-refractivity contribution in [2.45, 2.75) is 134 Å². The average molecular weight is 1130 g/mol. The van der Waals surface area contributed by atoms with Crippen LogP contribution in [0.3, 0.4) is 0 Å². The fraction of sp³-hybridized carbons (Fsp3) is 0.508. The second-order valence-corrected chi connectivity index (χ2v) is 24.9. The van der Waals surface area contributed by atoms with Gasteiger partial charge in [-0.3, -0.25) is 9.59 Å². The van der Waals surface area contributed by atoms with Crippen molar-refractivity contribution in [2.24, 2.45) is 17.8 Å². The summed E-state index contributed by atoms with van der Waals surface area (Å²) in [5.74, 6) is 8.32. The third kappa shape index (κ3) is 11.9. The number of aliphatic hydroxyl groups excluding tert-OH is 1. The van der Waals surface area contributed by atoms with Gasteiger partial charge in [-0.1, -0.05) is 61.3 Å². The van der Waals surface area contributed by atoms with Crippen molar-refractivity contribution in [2.75, 3.05) is 72.8 Å². The van der Waals surface area contributed by atoms with Crippen LogP contribution in [0.15, 0.2) is 89.0 Å². The van der Waals surface area contributed by atoms with E-state index in [0.717, 1.165) is 142 Å². The number of hydrogen-bond donors (Lipinski definition) is 4. The van der Waals surface area contributed by atoms with Gasteiger partial charge >= 0.3 is 0 Å². The molecule has 2 amide bonds. The highest BCUT2D eigenvalue weighted by atomic mass is 32.1. The first kappa shape index (κ1) is 55.4. The van der Waals surface area contributed by atoms with Crippen molar-refractivity contribution in [3.63, 3.8) is 0 Å². The maximum Gasteiger partial charge on any atom is 0.243 e. The van der Waals surface area contributed by atoms with Crippen LogP contribution in [0, 0.1) is 36.5 Å². The SMILES string of the molecule is Cc1ncsc1-c1ccc([C@H](C)NC(=O)[C@@H]2C[C@@H](O)CN2C(=O)[C@@H](c2cc(N3CCC(CN4CCC(O[C@H]5C[C@H](C#Cc6cc(N7C8CCC7CN(c7cc(-c9ccccc9O)nnc7N)C8)ccn6)C5)CC4)CC3)no2)C(C)C)cc1. The average Bonchev–Trinajstić information content (AvgIpc) is 3.93. The number of carbonyl (C=O) groups excluding carboxylic acids is 2. The molecule has 430 valence electrons. The summed E-state index contributed by atoms with van der Waals surface area (Å²) in [6.45, 7) is 14.5. The molecule has 1 aliphatic carbocycles. The van der Waals surface area contributed by atoms with Crippen molar-refractivity contribution in [1.82, 2.24) is 40.4 Å². The maximum absolute atomic E-state index is 14.4. The number of pyridine rings is 1. The van der Waals surface area contributed by atoms with E-state index in [2.05, 4.69) is 74.2 Å². The van der Waals surface area contributed by atoms with Gasteiger partial charge in [0.2, 0.25) is 11.8 Å². The number of likely N-dealkylation sites (tertiary alicyclic amines) is 2. The molecule has 2 aromatic carbocycles. The van der Waals surface area contributed by atoms with Gasteiger partial charge in [-0.15, -0.1) is 21.5 Å². The monoisotopic (exact) mass is 1130 g/mol. The molecule has 2 unspecified atom stereocenters. The maximum atomic E-state index is 14.4. The molecule has 6 aliphatic rings. The number of nitrogens with zero attached hydrogens (tertiary/aromatic N) is 10. The number of aliphatic hydroxyl groups is 1. The number of amides is 2. The lowest BCUT2D eigenvalue weighted by atomic mass is 9.82. The van der Waals surface area contributed by atoms with Crippen molar-refractivity contribution >= 4 is 46.2 Å². The number of β-amino-alcohol motifs (C(OH)–C–C–N with tert-alkyl or cyclic N) is 1. The van der Waals surface area contributed by atoms with Gasteiger partial charge in [0.15, 0.2) is 17.4 Å². The van der Waals surface area contributed by atoms with Crippen molar-refractivity contribution < 1.29 is 29.1 Å². The lowest BCUT2D eigenvalue weighted by molar-refractivity contribution is -0.141. The normalized spacial score (nSPS) is 24.1. The fourth-order valence-corrected chi connectivity index (χ4v) is 14.3. The Morgan fingerprint density at radius 1 is 0.866 bits per heavy atom. The number of piperidine rings is 2. The largest absolute Gasteiger partial charge is 0.507 e. The molecule has 6 atom stereocenters. The highest BCUT2D eigenvalue weighted by molar-refractivity contribution is 7.13. The summed E-state index contributed by atoms with van der Waals surface area (Å²) in [7, 11) is 0. The molecular formula is C63H76N12O6S. The molecule has 5 saturated heterocycles. The van der Waals surface area contributed by atoms with Crippen molar-refractivity contribution in [3.8, 4) is 39.3 Å². The number of para-hydroxylation sites is 1. The Hall–Kier alpha value is -7.11. The van der Waals surface area contributed by atoms with E-state index in [1.165, 1.54) is 0 Å². The lowest BCUT2D eigenvalue weighted by Gasteiger charge is -2.43. The summed E-state index contributed by atoms with van der Waals surface area (Å²) in [6.07, 6.45) is 10.1. The minimum atomic E-state index is -0.801. The number of aromatic nitrogens is 5. The van der Waals surface area contributed by atoms with Crippen molar-refractivity contribution in [3.05, 3.63) is 107 Å². The quantitative estimate of drug-likeness (QED) is 0.0713. The number of aryl methyl sites for hydroxylation is 1. The highest BCUT2D eigenvalue weighted by Crippen LogP contribution is 2.41. The van der Waals surface area contributed by atoms with Crippen LogP contribution in [0.4, 0.5) is 23.0 Å². The Bertz CT molecular complexity index is 3270. The molecule has 9 heterocycles. The van der Waals surface area contributed by atoms with Gasteiger partial charge in [-0.2, -0.15) is 0 Å². The number of anilines is 4. The number of nitrogens with one attached hydrogen (secondary N) is 1. The number of piperazine rings is 1. The summed E-state index contributed by atoms with van der Waals surface area (Å²) in [5, 5.41) is 37.5. The van der Waals surface area contributed by atoms with Gasteiger partial charge in [0.25, 0.3) is 0 Å². The summed E-state index contributed by atoms with van der Waals surface area (Å²) >= 11 is 1.60. The Morgan fingerprint density at radius 3 is 2.34 bits per heavy atom. The zero-order valence-corrected chi connectivity index (χ0v) is 48.3. The number of phenolic OH excluding ortho intramolecular Hbond substituents is 1. The molecule has 4 aromatic heterocycles. The van der Waals surface area contributed by atoms with Crippen LogP contribution in [0.1, 0.15) is 113 Å². The van der Waals surface area contributed by atoms with Gasteiger partial charge in [0.05, 0.1) is 51.8 Å². The number of hydrogen-bond acceptors (Lipinski definition) is 17. The fourth-order valence-electron chi connectivity index (χ4n) is 13.5. The molecule has 82 heavy (non-hydrogen) atoms. The number of carbonyl (C=O) groups is 2. The number of ether oxygens (including phenoxy) is 1. The van der Waals surface area contributed by atoms with Gasteiger partial charge in [-0.05, 0) is 124 Å². The predicted octanol–water partition coefficient (Wildman–Crippen LogP) is 8.21. The van der Waals surface area contributed by atoms with Crippen LogP contribution in [0.5, 0.6) is 5.75 Å². The van der Waals surface area contributed by atoms with Crippen LogP contribution in [-0.2, 0) is 14.3 Å². The minimum absolute atomic E-state index is 0.0860. The van der Waals surface area contributed by atoms with Gasteiger partial charge in [-0.25, -0.2) is 9.97 Å². The zero-order chi connectivity index (χ0) is 56.6. The van der Waals surface area contributed by atoms with Gasteiger partial charge in [0, 0.05) is 100 Å². The molecule has 0 spiro atoms. The van der Waals surface area contributed by atoms with Crippen LogP contribution >= 0.6 is 11.3 Å². The minimum Gasteiger partial charge on any atom is -0.507 e. The van der Waals surface area contributed by atoms with Gasteiger partial charge in [0.1, 0.15) is 23.4 Å². The van der Waals surface area contributed by atoms with Crippen LogP contribution in [-0.4, -0.2) is 146 Å². The molecule has 6 aromatic rings. The Kier molecular flexibility index (Phi) is 16.2. The topological polar surface area (TPSA) is 216 Å². The summed E-state index contributed by atoms with van der Waals surface area (Å²) < 4.78 is 12.6. The number of nitrogen functional groups attached to an aromatic ring is 1. The third-order valence-electron chi connectivity index (χ3n) is 18.1. The van der Waals surface area contributed by atoms with Crippen LogP contribution in [0.25, 0.3) is 21.7 Å². The summed E-state index contributed by atoms with van der Waals surface area (Å²) in [6, 6.07) is 22.9. The molecule has 2 bridgehead atoms. The second-order valence-electron chi connectivity index (χ2n) is 24.1. The first-order chi connectivity index (χ1) is 39.8. The lowest BCUT2D eigenvalue weighted by Crippen LogP contribution is -2.54. The van der Waals surface area contributed by atoms with Crippen LogP contribution < -0.4 is 25.8 Å². The van der Waals surface area contributed by atoms with E-state index >= 15 is 0 Å². The molecule has 5 aliphatic heterocycles. The zero-order valence-electron chi connectivity index (χ0n) is 47.4. The van der Waals surface area contributed by atoms with E-state index in [9.17, 15) is 19.8 Å². The number of aromatic hydroxyl groups is 1. The molecule has 0 radical (unpaired) electrons. The molecule has 18 nitrogen and oxygen atoms in total. The summed E-state index contributed by atoms with van der Waals surface area (Å²) in [4.78, 5) is 49.7. The third-order valence-corrected chi connectivity index (χ3v) is 19.1. The van der Waals surface area contributed by atoms with E-state index in [1.54, 1.807) is 28.4 Å². The van der Waals surface area contributed by atoms with E-state index < -0.39 is 18.1 Å². The first-order valence-electron chi connectivity index (χ1n) is 29.6. The van der Waals surface area contributed by atoms with E-state index in [4.69, 9.17) is 15.0 Å². The Morgan fingerprint density at radius 2 is 1.62 bits per heavy atom. The van der Waals surface area contributed by atoms with E-state index in [-0.39, 0.29) is 54.7 Å². The Balaban J connectivity index is 0.565. The first-order valence-corrected chi connectivity index (χ1v) is 30.5. The molecular weight excluding hydrogens is 1050 g/mol. The standard InChI is InChI=1S/C63H76N12O6S/c1-38(2)59(63(79)74-36-49(76)30-55(74)62(78)67-39(3)43-10-12-44(13-11-43)60-40(4)66-37-82-60)57-32-58(70-81-57)72-25-18-41(19-26-72)33-71-23-20-50(21-24-71)80-51-27-42(28-51)9-14-45-29-46(17-22-65-45)75-47-15-16-48(75)35-73(34-47)54-31-53(68-69-61(54)64)52-7-5-6-8-56(52)77/h5-8,10-13,17,22,29,31-32,37-39,41-42,47-51,55,59,76-77H,15-16,18-21,23-28,30,33-36H2,1-4H3,(H2,64,69)(H,67,78)/t39-,42-,47?,48?,49+,51-,55-,59+/m0/s1. The predicted molar refractivity (Wildman–Crippen MR) is 317 cm³/mol. The molecule has 1 saturated carbocycles. The number of fused-ring (bicyclic) bond motifs is 2. The molecule has 5 N–H and O–H groups in total. The van der Waals surface area contributed by atoms with Gasteiger partial charge < -0.3 is 55.0 Å². The number of rotatable bonds is 15. The van der Waals surface area contributed by atoms with E-state index in [1.807, 2.05) is 87.9 Å². The highest BCUT2D eigenvalue weighted by Gasteiger charge is 2.45. The molecule has 6 fully saturated rings. The van der Waals surface area contributed by atoms with E-state index in [0.29, 0.717) is 46.8 Å². The number of nitrogens with two attached hydrogens (primary N) is 1. The number of phenols is 1.